The average Bonchev–Trinajstić information content (AvgIpc) is 3.97. The van der Waals surface area contributed by atoms with Crippen molar-refractivity contribution in [2.75, 3.05) is 13.1 Å². The van der Waals surface area contributed by atoms with Gasteiger partial charge in [-0.1, -0.05) is 60.7 Å². The Morgan fingerprint density at radius 1 is 0.660 bits per heavy atom. The van der Waals surface area contributed by atoms with Crippen LogP contribution >= 0.6 is 22.7 Å². The molecular weight excluding hydrogens is 665 g/mol. The van der Waals surface area contributed by atoms with E-state index in [4.69, 9.17) is 19.9 Å². The summed E-state index contributed by atoms with van der Waals surface area (Å²) in [5.74, 6) is 1.88. The summed E-state index contributed by atoms with van der Waals surface area (Å²) in [5, 5.41) is 1.72. The molecule has 7 aromatic rings. The number of hydrogen-bond acceptors (Lipinski definition) is 8. The molecule has 6 heterocycles. The molecule has 10 nitrogen and oxygen atoms in total. The zero-order valence-corrected chi connectivity index (χ0v) is 28.8. The molecule has 2 aliphatic heterocycles. The number of carbonyl (C=O) groups is 2. The molecule has 2 fully saturated rings. The van der Waals surface area contributed by atoms with Gasteiger partial charge in [0.25, 0.3) is 0 Å². The number of amides is 2. The molecular formula is C38H34N8O2S2. The van der Waals surface area contributed by atoms with Crippen molar-refractivity contribution in [3.8, 4) is 21.4 Å². The summed E-state index contributed by atoms with van der Waals surface area (Å²) in [6.07, 6.45) is 8.16. The van der Waals surface area contributed by atoms with Crippen molar-refractivity contribution >= 4 is 54.9 Å². The number of thiazole rings is 2. The first-order valence-electron chi connectivity index (χ1n) is 17.0. The molecule has 0 aliphatic carbocycles. The summed E-state index contributed by atoms with van der Waals surface area (Å²) in [6.45, 7) is 1.49. The number of nitrogens with zero attached hydrogens (tertiary/aromatic N) is 6. The van der Waals surface area contributed by atoms with E-state index in [2.05, 4.69) is 22.1 Å². The Morgan fingerprint density at radius 2 is 1.10 bits per heavy atom. The van der Waals surface area contributed by atoms with E-state index < -0.39 is 0 Å². The highest BCUT2D eigenvalue weighted by Gasteiger charge is 2.33. The van der Waals surface area contributed by atoms with Gasteiger partial charge in [-0.15, -0.1) is 22.7 Å². The summed E-state index contributed by atoms with van der Waals surface area (Å²) in [7, 11) is 0. The van der Waals surface area contributed by atoms with Gasteiger partial charge >= 0.3 is 0 Å². The lowest BCUT2D eigenvalue weighted by atomic mass is 10.1. The lowest BCUT2D eigenvalue weighted by molar-refractivity contribution is -0.132. The molecule has 0 unspecified atom stereocenters. The van der Waals surface area contributed by atoms with Gasteiger partial charge in [0.05, 0.1) is 69.1 Å². The fourth-order valence-electron chi connectivity index (χ4n) is 7.25. The average molecular weight is 699 g/mol. The first-order valence-corrected chi connectivity index (χ1v) is 18.7. The van der Waals surface area contributed by atoms with Crippen molar-refractivity contribution in [2.45, 2.75) is 50.6 Å². The Balaban J connectivity index is 0.911. The van der Waals surface area contributed by atoms with Gasteiger partial charge in [0.15, 0.2) is 0 Å². The third-order valence-corrected chi connectivity index (χ3v) is 11.8. The minimum Gasteiger partial charge on any atom is -0.338 e. The molecule has 2 atom stereocenters. The van der Waals surface area contributed by atoms with E-state index >= 15 is 0 Å². The monoisotopic (exact) mass is 698 g/mol. The summed E-state index contributed by atoms with van der Waals surface area (Å²) in [6, 6.07) is 23.9. The van der Waals surface area contributed by atoms with Crippen LogP contribution in [-0.4, -0.2) is 64.6 Å². The van der Waals surface area contributed by atoms with Crippen LogP contribution in [0, 0.1) is 0 Å². The molecule has 0 saturated carbocycles. The van der Waals surface area contributed by atoms with Crippen LogP contribution in [0.2, 0.25) is 0 Å². The Labute approximate surface area is 296 Å². The van der Waals surface area contributed by atoms with Gasteiger partial charge in [-0.2, -0.15) is 0 Å². The van der Waals surface area contributed by atoms with E-state index in [-0.39, 0.29) is 23.9 Å². The summed E-state index contributed by atoms with van der Waals surface area (Å²) in [4.78, 5) is 56.7. The van der Waals surface area contributed by atoms with Crippen molar-refractivity contribution in [3.63, 3.8) is 0 Å². The smallest absolute Gasteiger partial charge is 0.227 e. The molecule has 2 N–H and O–H groups in total. The molecule has 2 saturated heterocycles. The Morgan fingerprint density at radius 3 is 1.54 bits per heavy atom. The normalized spacial score (nSPS) is 17.8. The maximum atomic E-state index is 13.2. The van der Waals surface area contributed by atoms with Crippen molar-refractivity contribution < 1.29 is 9.59 Å². The van der Waals surface area contributed by atoms with E-state index in [1.54, 1.807) is 22.7 Å². The summed E-state index contributed by atoms with van der Waals surface area (Å²) >= 11 is 3.21. The van der Waals surface area contributed by atoms with E-state index in [1.165, 1.54) is 0 Å². The predicted octanol–water partition coefficient (Wildman–Crippen LogP) is 7.50. The van der Waals surface area contributed by atoms with Crippen LogP contribution in [0.25, 0.3) is 41.8 Å². The van der Waals surface area contributed by atoms with Gasteiger partial charge < -0.3 is 19.8 Å². The standard InChI is InChI=1S/C38H34N8O2S2/c47-33(17-23-9-3-1-4-10-23)45-15-7-13-29(45)35-39-21-27(41-35)37-43-25-19-32-26(20-31(25)49-37)44-38(50-32)28-22-40-36(42-28)30-14-8-16-46(30)34(48)18-24-11-5-2-6-12-24/h1-6,9-12,19-22,29-30H,7-8,13-18H2,(H,39,41)(H,40,42)/t29-,30-/m0/s1. The molecule has 50 heavy (non-hydrogen) atoms. The highest BCUT2D eigenvalue weighted by Crippen LogP contribution is 2.38. The van der Waals surface area contributed by atoms with E-state index in [9.17, 15) is 9.59 Å². The molecule has 0 bridgehead atoms. The number of aromatic nitrogens is 6. The Bertz CT molecular complexity index is 2120. The maximum Gasteiger partial charge on any atom is 0.227 e. The van der Waals surface area contributed by atoms with E-state index in [1.807, 2.05) is 82.9 Å². The number of benzene rings is 3. The zero-order chi connectivity index (χ0) is 33.6. The second-order valence-corrected chi connectivity index (χ2v) is 15.1. The van der Waals surface area contributed by atoms with Crippen molar-refractivity contribution in [2.24, 2.45) is 0 Å². The van der Waals surface area contributed by atoms with Crippen LogP contribution in [0.4, 0.5) is 0 Å². The minimum absolute atomic E-state index is 0.0585. The third-order valence-electron chi connectivity index (χ3n) is 9.72. The molecule has 0 spiro atoms. The van der Waals surface area contributed by atoms with Crippen molar-refractivity contribution in [1.82, 2.24) is 39.7 Å². The second kappa shape index (κ2) is 12.9. The van der Waals surface area contributed by atoms with E-state index in [0.29, 0.717) is 12.8 Å². The first kappa shape index (κ1) is 30.8. The summed E-state index contributed by atoms with van der Waals surface area (Å²) in [5.41, 5.74) is 5.58. The number of likely N-dealkylation sites (tertiary alicyclic amines) is 2. The minimum atomic E-state index is -0.0585. The summed E-state index contributed by atoms with van der Waals surface area (Å²) < 4.78 is 2.09. The van der Waals surface area contributed by atoms with E-state index in [0.717, 1.165) is 103 Å². The molecule has 12 heteroatoms. The number of H-pyrrole nitrogens is 2. The number of carbonyl (C=O) groups excluding carboxylic acids is 2. The largest absolute Gasteiger partial charge is 0.338 e. The highest BCUT2D eigenvalue weighted by molar-refractivity contribution is 7.23. The number of nitrogens with one attached hydrogen (secondary N) is 2. The van der Waals surface area contributed by atoms with Crippen LogP contribution in [-0.2, 0) is 22.4 Å². The number of imidazole rings is 2. The fraction of sp³-hybridized carbons (Fsp3) is 0.263. The molecule has 0 radical (unpaired) electrons. The predicted molar refractivity (Wildman–Crippen MR) is 196 cm³/mol. The fourth-order valence-corrected chi connectivity index (χ4v) is 9.14. The number of rotatable bonds is 8. The molecule has 2 aliphatic rings. The number of hydrogen-bond donors (Lipinski definition) is 2. The second-order valence-electron chi connectivity index (χ2n) is 13.0. The van der Waals surface area contributed by atoms with Crippen LogP contribution < -0.4 is 0 Å². The number of fused-ring (bicyclic) bond motifs is 2. The van der Waals surface area contributed by atoms with Gasteiger partial charge in [0.1, 0.15) is 21.7 Å². The third kappa shape index (κ3) is 5.88. The molecule has 9 rings (SSSR count). The SMILES string of the molecule is O=C(Cc1ccccc1)N1CCC[C@H]1c1ncc(-c2nc3cc4sc(-c5cnc([C@@H]6CCCN6C(=O)Cc6ccccc6)[nH]5)nc4cc3s2)[nH]1. The van der Waals surface area contributed by atoms with Crippen LogP contribution in [0.5, 0.6) is 0 Å². The molecule has 4 aromatic heterocycles. The first-order chi connectivity index (χ1) is 24.6. The van der Waals surface area contributed by atoms with Gasteiger partial charge in [0.2, 0.25) is 11.8 Å². The van der Waals surface area contributed by atoms with Crippen molar-refractivity contribution in [3.05, 3.63) is 108 Å². The van der Waals surface area contributed by atoms with Crippen LogP contribution in [0.1, 0.15) is 60.5 Å². The lowest BCUT2D eigenvalue weighted by Crippen LogP contribution is -2.32. The van der Waals surface area contributed by atoms with Crippen LogP contribution in [0.3, 0.4) is 0 Å². The van der Waals surface area contributed by atoms with Gasteiger partial charge in [0, 0.05) is 13.1 Å². The maximum absolute atomic E-state index is 13.2. The highest BCUT2D eigenvalue weighted by atomic mass is 32.1. The topological polar surface area (TPSA) is 124 Å². The van der Waals surface area contributed by atoms with Crippen LogP contribution in [0.15, 0.2) is 85.2 Å². The van der Waals surface area contributed by atoms with Crippen molar-refractivity contribution in [1.29, 1.82) is 0 Å². The Hall–Kier alpha value is -5.20. The number of aromatic amines is 2. The molecule has 250 valence electrons. The Kier molecular flexibility index (Phi) is 7.97. The molecule has 3 aromatic carbocycles. The zero-order valence-electron chi connectivity index (χ0n) is 27.2. The molecule has 2 amide bonds. The quantitative estimate of drug-likeness (QED) is 0.170. The van der Waals surface area contributed by atoms with Gasteiger partial charge in [-0.05, 0) is 48.9 Å². The lowest BCUT2D eigenvalue weighted by Gasteiger charge is -2.23. The van der Waals surface area contributed by atoms with Gasteiger partial charge in [-0.25, -0.2) is 19.9 Å². The van der Waals surface area contributed by atoms with Gasteiger partial charge in [-0.3, -0.25) is 9.59 Å².